The second-order valence-electron chi connectivity index (χ2n) is 6.37. The first-order valence-electron chi connectivity index (χ1n) is 7.79. The van der Waals surface area contributed by atoms with Gasteiger partial charge < -0.3 is 5.32 Å². The van der Waals surface area contributed by atoms with E-state index in [1.807, 2.05) is 12.4 Å². The summed E-state index contributed by atoms with van der Waals surface area (Å²) in [6.07, 6.45) is 7.92. The number of aromatic nitrogens is 1. The number of hydrogen-bond acceptors (Lipinski definition) is 2. The van der Waals surface area contributed by atoms with Crippen LogP contribution in [-0.2, 0) is 6.54 Å². The Morgan fingerprint density at radius 3 is 2.80 bits per heavy atom. The lowest BCUT2D eigenvalue weighted by Gasteiger charge is -2.32. The molecule has 106 valence electrons. The van der Waals surface area contributed by atoms with Crippen LogP contribution in [0.25, 0.3) is 10.8 Å². The van der Waals surface area contributed by atoms with Gasteiger partial charge in [-0.25, -0.2) is 0 Å². The molecule has 0 radical (unpaired) electrons. The van der Waals surface area contributed by atoms with Gasteiger partial charge in [0.05, 0.1) is 0 Å². The molecule has 2 nitrogen and oxygen atoms in total. The molecule has 0 bridgehead atoms. The number of hydrogen-bond donors (Lipinski definition) is 1. The largest absolute Gasteiger partial charge is 0.310 e. The lowest BCUT2D eigenvalue weighted by atomic mass is 9.79. The zero-order valence-electron chi connectivity index (χ0n) is 12.5. The van der Waals surface area contributed by atoms with E-state index in [2.05, 4.69) is 48.4 Å². The Hall–Kier alpha value is -1.41. The van der Waals surface area contributed by atoms with Crippen LogP contribution in [0.2, 0.25) is 0 Å². The second kappa shape index (κ2) is 5.92. The monoisotopic (exact) mass is 268 g/mol. The smallest absolute Gasteiger partial charge is 0.0346 e. The van der Waals surface area contributed by atoms with Crippen LogP contribution < -0.4 is 5.32 Å². The van der Waals surface area contributed by atoms with Crippen molar-refractivity contribution in [2.24, 2.45) is 11.8 Å². The molecular formula is C18H24N2. The summed E-state index contributed by atoms with van der Waals surface area (Å²) in [5.74, 6) is 1.72. The number of pyridine rings is 1. The minimum Gasteiger partial charge on any atom is -0.310 e. The van der Waals surface area contributed by atoms with Crippen LogP contribution >= 0.6 is 0 Å². The van der Waals surface area contributed by atoms with E-state index in [1.54, 1.807) is 0 Å². The molecule has 3 unspecified atom stereocenters. The molecule has 1 saturated carbocycles. The highest BCUT2D eigenvalue weighted by Gasteiger charge is 2.24. The first-order chi connectivity index (χ1) is 9.74. The van der Waals surface area contributed by atoms with Crippen LogP contribution in [0.5, 0.6) is 0 Å². The van der Waals surface area contributed by atoms with E-state index < -0.39 is 0 Å². The number of rotatable bonds is 3. The maximum Gasteiger partial charge on any atom is 0.0346 e. The average molecular weight is 268 g/mol. The zero-order valence-corrected chi connectivity index (χ0v) is 12.5. The molecule has 3 atom stereocenters. The molecule has 2 aromatic rings. The molecule has 1 fully saturated rings. The molecule has 1 N–H and O–H groups in total. The molecule has 0 amide bonds. The van der Waals surface area contributed by atoms with E-state index in [9.17, 15) is 0 Å². The summed E-state index contributed by atoms with van der Waals surface area (Å²) in [4.78, 5) is 4.36. The van der Waals surface area contributed by atoms with E-state index >= 15 is 0 Å². The van der Waals surface area contributed by atoms with Gasteiger partial charge in [-0.05, 0) is 42.0 Å². The van der Waals surface area contributed by atoms with Gasteiger partial charge in [0.1, 0.15) is 0 Å². The highest BCUT2D eigenvalue weighted by Crippen LogP contribution is 2.29. The standard InChI is InChI=1S/C18H24N2/c1-13-7-8-17(9-14(13)2)20-12-16-11-19-10-15-5-3-4-6-18(15)16/h3-6,10-11,13-14,17,20H,7-9,12H2,1-2H3. The van der Waals surface area contributed by atoms with Crippen molar-refractivity contribution in [2.75, 3.05) is 0 Å². The van der Waals surface area contributed by atoms with Crippen molar-refractivity contribution in [2.45, 2.75) is 45.7 Å². The van der Waals surface area contributed by atoms with Gasteiger partial charge in [-0.2, -0.15) is 0 Å². The Morgan fingerprint density at radius 1 is 1.10 bits per heavy atom. The lowest BCUT2D eigenvalue weighted by Crippen LogP contribution is -2.35. The molecule has 3 rings (SSSR count). The highest BCUT2D eigenvalue weighted by molar-refractivity contribution is 5.84. The van der Waals surface area contributed by atoms with Gasteiger partial charge in [0, 0.05) is 30.4 Å². The summed E-state index contributed by atoms with van der Waals surface area (Å²) in [5, 5.41) is 6.30. The second-order valence-corrected chi connectivity index (χ2v) is 6.37. The molecule has 2 heteroatoms. The summed E-state index contributed by atoms with van der Waals surface area (Å²) in [5.41, 5.74) is 1.31. The van der Waals surface area contributed by atoms with Crippen molar-refractivity contribution < 1.29 is 0 Å². The van der Waals surface area contributed by atoms with E-state index in [-0.39, 0.29) is 0 Å². The first kappa shape index (κ1) is 13.6. The minimum absolute atomic E-state index is 0.667. The summed E-state index contributed by atoms with van der Waals surface area (Å²) in [6, 6.07) is 9.18. The summed E-state index contributed by atoms with van der Waals surface area (Å²) in [6.45, 7) is 5.70. The zero-order chi connectivity index (χ0) is 13.9. The van der Waals surface area contributed by atoms with Crippen molar-refractivity contribution in [3.8, 4) is 0 Å². The third kappa shape index (κ3) is 2.85. The van der Waals surface area contributed by atoms with E-state index in [0.29, 0.717) is 6.04 Å². The fourth-order valence-corrected chi connectivity index (χ4v) is 3.31. The Balaban J connectivity index is 1.68. The SMILES string of the molecule is CC1CCC(NCc2cncc3ccccc23)CC1C. The molecule has 0 aliphatic heterocycles. The van der Waals surface area contributed by atoms with Gasteiger partial charge in [-0.15, -0.1) is 0 Å². The summed E-state index contributed by atoms with van der Waals surface area (Å²) in [7, 11) is 0. The quantitative estimate of drug-likeness (QED) is 0.904. The first-order valence-corrected chi connectivity index (χ1v) is 7.79. The van der Waals surface area contributed by atoms with Crippen molar-refractivity contribution >= 4 is 10.8 Å². The average Bonchev–Trinajstić information content (AvgIpc) is 2.48. The molecule has 20 heavy (non-hydrogen) atoms. The van der Waals surface area contributed by atoms with Gasteiger partial charge in [0.15, 0.2) is 0 Å². The normalized spacial score (nSPS) is 26.8. The molecule has 1 heterocycles. The third-order valence-electron chi connectivity index (χ3n) is 4.93. The molecular weight excluding hydrogens is 244 g/mol. The van der Waals surface area contributed by atoms with Crippen LogP contribution in [0.1, 0.15) is 38.7 Å². The fraction of sp³-hybridized carbons (Fsp3) is 0.500. The maximum absolute atomic E-state index is 4.36. The van der Waals surface area contributed by atoms with Crippen LogP contribution in [0.3, 0.4) is 0 Å². The van der Waals surface area contributed by atoms with E-state index in [4.69, 9.17) is 0 Å². The third-order valence-corrected chi connectivity index (χ3v) is 4.93. The van der Waals surface area contributed by atoms with Gasteiger partial charge in [0.2, 0.25) is 0 Å². The predicted molar refractivity (Wildman–Crippen MR) is 84.5 cm³/mol. The molecule has 0 spiro atoms. The Kier molecular flexibility index (Phi) is 4.02. The van der Waals surface area contributed by atoms with E-state index in [1.165, 1.54) is 35.6 Å². The van der Waals surface area contributed by atoms with Gasteiger partial charge >= 0.3 is 0 Å². The number of benzene rings is 1. The van der Waals surface area contributed by atoms with Crippen molar-refractivity contribution in [3.63, 3.8) is 0 Å². The molecule has 0 saturated heterocycles. The molecule has 1 aromatic carbocycles. The minimum atomic E-state index is 0.667. The van der Waals surface area contributed by atoms with Crippen molar-refractivity contribution in [1.29, 1.82) is 0 Å². The van der Waals surface area contributed by atoms with E-state index in [0.717, 1.165) is 18.4 Å². The summed E-state index contributed by atoms with van der Waals surface area (Å²) >= 11 is 0. The number of nitrogens with zero attached hydrogens (tertiary/aromatic N) is 1. The lowest BCUT2D eigenvalue weighted by molar-refractivity contribution is 0.225. The van der Waals surface area contributed by atoms with Crippen molar-refractivity contribution in [3.05, 3.63) is 42.2 Å². The van der Waals surface area contributed by atoms with Crippen LogP contribution in [0, 0.1) is 11.8 Å². The molecule has 1 aliphatic carbocycles. The Morgan fingerprint density at radius 2 is 1.95 bits per heavy atom. The van der Waals surface area contributed by atoms with Crippen LogP contribution in [0.15, 0.2) is 36.7 Å². The fourth-order valence-electron chi connectivity index (χ4n) is 3.31. The highest BCUT2D eigenvalue weighted by atomic mass is 14.9. The summed E-state index contributed by atoms with van der Waals surface area (Å²) < 4.78 is 0. The number of nitrogens with one attached hydrogen (secondary N) is 1. The van der Waals surface area contributed by atoms with Gasteiger partial charge in [-0.1, -0.05) is 38.1 Å². The van der Waals surface area contributed by atoms with Crippen LogP contribution in [-0.4, -0.2) is 11.0 Å². The van der Waals surface area contributed by atoms with Crippen LogP contribution in [0.4, 0.5) is 0 Å². The van der Waals surface area contributed by atoms with Gasteiger partial charge in [0.25, 0.3) is 0 Å². The maximum atomic E-state index is 4.36. The Labute approximate surface area is 121 Å². The van der Waals surface area contributed by atoms with Gasteiger partial charge in [-0.3, -0.25) is 4.98 Å². The topological polar surface area (TPSA) is 24.9 Å². The molecule has 1 aliphatic rings. The predicted octanol–water partition coefficient (Wildman–Crippen LogP) is 4.15. The number of fused-ring (bicyclic) bond motifs is 1. The molecule has 1 aromatic heterocycles. The van der Waals surface area contributed by atoms with Crippen molar-refractivity contribution in [1.82, 2.24) is 10.3 Å². The Bertz CT molecular complexity index is 573.